The van der Waals surface area contributed by atoms with E-state index in [9.17, 15) is 0 Å². The van der Waals surface area contributed by atoms with Crippen LogP contribution in [0.15, 0.2) is 29.8 Å². The monoisotopic (exact) mass is 532 g/mol. The van der Waals surface area contributed by atoms with Gasteiger partial charge in [-0.05, 0) is 62.3 Å². The summed E-state index contributed by atoms with van der Waals surface area (Å²) < 4.78 is 7.80. The molecule has 2 heterocycles. The van der Waals surface area contributed by atoms with Gasteiger partial charge in [0.1, 0.15) is 6.79 Å². The van der Waals surface area contributed by atoms with Crippen molar-refractivity contribution < 1.29 is 14.3 Å². The highest BCUT2D eigenvalue weighted by Crippen LogP contribution is 2.33. The van der Waals surface area contributed by atoms with Crippen LogP contribution in [0.3, 0.4) is 0 Å². The summed E-state index contributed by atoms with van der Waals surface area (Å²) in [4.78, 5) is 21.5. The topological polar surface area (TPSA) is 113 Å². The number of thiazole rings is 1. The lowest BCUT2D eigenvalue weighted by molar-refractivity contribution is -0.107. The van der Waals surface area contributed by atoms with Crippen LogP contribution in [0.25, 0.3) is 22.2 Å². The number of benzene rings is 1. The van der Waals surface area contributed by atoms with Crippen LogP contribution < -0.4 is 11.5 Å². The lowest BCUT2D eigenvalue weighted by atomic mass is 9.86. The molecule has 8 heteroatoms. The summed E-state index contributed by atoms with van der Waals surface area (Å²) in [6.45, 7) is 15.3. The first-order chi connectivity index (χ1) is 17.9. The summed E-state index contributed by atoms with van der Waals surface area (Å²) in [5, 5.41) is 4.79. The zero-order valence-corrected chi connectivity index (χ0v) is 24.5. The minimum absolute atomic E-state index is 0.106. The first-order valence-corrected chi connectivity index (χ1v) is 14.0. The van der Waals surface area contributed by atoms with E-state index in [2.05, 4.69) is 60.8 Å². The number of rotatable bonds is 12. The van der Waals surface area contributed by atoms with E-state index in [1.165, 1.54) is 46.3 Å². The number of unbranched alkanes of at least 4 members (excludes halogenated alkanes) is 3. The second kappa shape index (κ2) is 19.5. The number of carbonyl (C=O) groups excluding carboxylic acids is 2. The van der Waals surface area contributed by atoms with Crippen molar-refractivity contribution in [2.45, 2.75) is 79.7 Å². The average Bonchev–Trinajstić information content (AvgIpc) is 3.51. The quantitative estimate of drug-likeness (QED) is 0.219. The third-order valence-electron chi connectivity index (χ3n) is 5.70. The fraction of sp³-hybridized carbons (Fsp3) is 0.552. The Bertz CT molecular complexity index is 1010. The highest BCUT2D eigenvalue weighted by molar-refractivity contribution is 7.09. The maximum Gasteiger partial charge on any atom is 0.204 e. The molecule has 4 N–H and O–H groups in total. The SMILES string of the molecule is C=O.CC.CCn1cc(CC(C)(C)COC)c2cc(-c3csc(CCCCCCN)n3)ccc21.NC=O. The number of fused-ring (bicyclic) bond motifs is 1. The Labute approximate surface area is 227 Å². The predicted molar refractivity (Wildman–Crippen MR) is 158 cm³/mol. The average molecular weight is 533 g/mol. The van der Waals surface area contributed by atoms with Gasteiger partial charge in [-0.1, -0.05) is 46.6 Å². The molecule has 3 rings (SSSR count). The Balaban J connectivity index is 0.00000169. The Morgan fingerprint density at radius 2 is 1.81 bits per heavy atom. The fourth-order valence-corrected chi connectivity index (χ4v) is 5.07. The number of aromatic nitrogens is 2. The van der Waals surface area contributed by atoms with Gasteiger partial charge in [0.25, 0.3) is 0 Å². The number of hydrogen-bond donors (Lipinski definition) is 2. The van der Waals surface area contributed by atoms with Gasteiger partial charge in [0.05, 0.1) is 17.3 Å². The van der Waals surface area contributed by atoms with Crippen molar-refractivity contribution in [1.82, 2.24) is 9.55 Å². The largest absolute Gasteiger partial charge is 0.384 e. The second-order valence-corrected chi connectivity index (χ2v) is 10.1. The van der Waals surface area contributed by atoms with E-state index < -0.39 is 0 Å². The van der Waals surface area contributed by atoms with Gasteiger partial charge < -0.3 is 25.6 Å². The Kier molecular flexibility index (Phi) is 18.2. The second-order valence-electron chi connectivity index (χ2n) is 9.16. The number of primary amides is 1. The van der Waals surface area contributed by atoms with Crippen LogP contribution in [0, 0.1) is 5.41 Å². The molecule has 7 nitrogen and oxygen atoms in total. The molecule has 0 spiro atoms. The van der Waals surface area contributed by atoms with Gasteiger partial charge in [-0.3, -0.25) is 4.79 Å². The molecule has 0 aliphatic carbocycles. The summed E-state index contributed by atoms with van der Waals surface area (Å²) in [6, 6.07) is 6.81. The summed E-state index contributed by atoms with van der Waals surface area (Å²) in [6.07, 6.45) is 9.43. The molecule has 0 atom stereocenters. The molecular weight excluding hydrogens is 484 g/mol. The van der Waals surface area contributed by atoms with Crippen molar-refractivity contribution in [1.29, 1.82) is 0 Å². The van der Waals surface area contributed by atoms with Crippen LogP contribution >= 0.6 is 11.3 Å². The van der Waals surface area contributed by atoms with Crippen LogP contribution in [-0.2, 0) is 33.7 Å². The van der Waals surface area contributed by atoms with Gasteiger partial charge in [-0.2, -0.15) is 0 Å². The third-order valence-corrected chi connectivity index (χ3v) is 6.61. The Morgan fingerprint density at radius 1 is 1.16 bits per heavy atom. The fourth-order valence-electron chi connectivity index (χ4n) is 4.22. The molecule has 37 heavy (non-hydrogen) atoms. The van der Waals surface area contributed by atoms with E-state index in [4.69, 9.17) is 25.0 Å². The van der Waals surface area contributed by atoms with Gasteiger partial charge in [0.2, 0.25) is 6.41 Å². The van der Waals surface area contributed by atoms with Gasteiger partial charge in [-0.15, -0.1) is 11.3 Å². The molecule has 208 valence electrons. The summed E-state index contributed by atoms with van der Waals surface area (Å²) in [5.41, 5.74) is 14.9. The van der Waals surface area contributed by atoms with E-state index >= 15 is 0 Å². The molecule has 0 radical (unpaired) electrons. The Hall–Kier alpha value is -2.55. The molecular formula is C29H48N4O3S. The smallest absolute Gasteiger partial charge is 0.204 e. The molecule has 0 saturated carbocycles. The normalized spacial score (nSPS) is 10.5. The number of methoxy groups -OCH3 is 1. The lowest BCUT2D eigenvalue weighted by Gasteiger charge is -2.23. The van der Waals surface area contributed by atoms with E-state index in [1.807, 2.05) is 20.6 Å². The van der Waals surface area contributed by atoms with Crippen molar-refractivity contribution in [3.05, 3.63) is 40.3 Å². The molecule has 0 aliphatic rings. The number of nitrogens with two attached hydrogens (primary N) is 2. The van der Waals surface area contributed by atoms with E-state index in [-0.39, 0.29) is 11.8 Å². The van der Waals surface area contributed by atoms with Crippen molar-refractivity contribution in [3.8, 4) is 11.3 Å². The number of nitrogens with zero attached hydrogens (tertiary/aromatic N) is 2. The first kappa shape index (κ1) is 34.5. The van der Waals surface area contributed by atoms with Crippen LogP contribution in [-0.4, -0.2) is 43.0 Å². The Morgan fingerprint density at radius 3 is 2.41 bits per heavy atom. The molecule has 0 unspecified atom stereocenters. The number of ether oxygens (including phenoxy) is 1. The van der Waals surface area contributed by atoms with Crippen molar-refractivity contribution in [2.75, 3.05) is 20.3 Å². The van der Waals surface area contributed by atoms with Gasteiger partial charge in [0, 0.05) is 41.7 Å². The maximum absolute atomic E-state index is 8.58. The highest BCUT2D eigenvalue weighted by atomic mass is 32.1. The molecule has 2 aromatic heterocycles. The van der Waals surface area contributed by atoms with E-state index in [0.717, 1.165) is 44.7 Å². The first-order valence-electron chi connectivity index (χ1n) is 13.1. The van der Waals surface area contributed by atoms with Gasteiger partial charge >= 0.3 is 0 Å². The minimum Gasteiger partial charge on any atom is -0.384 e. The summed E-state index contributed by atoms with van der Waals surface area (Å²) in [7, 11) is 1.78. The molecule has 0 aliphatic heterocycles. The van der Waals surface area contributed by atoms with Crippen molar-refractivity contribution in [3.63, 3.8) is 0 Å². The zero-order chi connectivity index (χ0) is 28.3. The molecule has 0 fully saturated rings. The van der Waals surface area contributed by atoms with Crippen LogP contribution in [0.2, 0.25) is 0 Å². The van der Waals surface area contributed by atoms with Gasteiger partial charge in [-0.25, -0.2) is 4.98 Å². The molecule has 0 saturated heterocycles. The summed E-state index contributed by atoms with van der Waals surface area (Å²) >= 11 is 1.79. The maximum atomic E-state index is 8.58. The number of hydrogen-bond acceptors (Lipinski definition) is 6. The predicted octanol–water partition coefficient (Wildman–Crippen LogP) is 6.00. The molecule has 3 aromatic rings. The van der Waals surface area contributed by atoms with Crippen molar-refractivity contribution >= 4 is 35.4 Å². The van der Waals surface area contributed by atoms with Gasteiger partial charge in [0.15, 0.2) is 0 Å². The van der Waals surface area contributed by atoms with Crippen molar-refractivity contribution in [2.24, 2.45) is 16.9 Å². The summed E-state index contributed by atoms with van der Waals surface area (Å²) in [5.74, 6) is 0. The molecule has 0 bridgehead atoms. The molecule has 1 aromatic carbocycles. The van der Waals surface area contributed by atoms with Crippen LogP contribution in [0.1, 0.15) is 70.9 Å². The van der Waals surface area contributed by atoms with E-state index in [1.54, 1.807) is 18.4 Å². The number of aryl methyl sites for hydroxylation is 2. The number of carbonyl (C=O) groups is 2. The highest BCUT2D eigenvalue weighted by Gasteiger charge is 2.21. The zero-order valence-electron chi connectivity index (χ0n) is 23.7. The third kappa shape index (κ3) is 11.6. The van der Waals surface area contributed by atoms with E-state index in [0.29, 0.717) is 0 Å². The molecule has 1 amide bonds. The minimum atomic E-state index is 0.106. The van der Waals surface area contributed by atoms with Crippen LogP contribution in [0.4, 0.5) is 0 Å². The number of amides is 1. The van der Waals surface area contributed by atoms with Crippen LogP contribution in [0.5, 0.6) is 0 Å². The lowest BCUT2D eigenvalue weighted by Crippen LogP contribution is -2.21. The standard InChI is InChI=1S/C25H37N3OS.C2H6.CH3NO.CH2O/c1-5-28-16-20(15-25(2,3)18-29-4)21-14-19(11-12-23(21)28)22-17-30-24(27-22)10-8-6-7-9-13-26;1-2;2-1-3;1-2/h11-12,14,16-17H,5-10,13,15,18,26H2,1-4H3;1-2H3;1H,(H2,2,3);1H2.